The summed E-state index contributed by atoms with van der Waals surface area (Å²) in [6.45, 7) is 2.02. The lowest BCUT2D eigenvalue weighted by Crippen LogP contribution is -1.87. The number of nitrogens with two attached hydrogens (primary N) is 1. The van der Waals surface area contributed by atoms with Gasteiger partial charge in [0, 0.05) is 19.9 Å². The maximum Gasteiger partial charge on any atom is 0.125 e. The van der Waals surface area contributed by atoms with Crippen LogP contribution in [0.3, 0.4) is 0 Å². The molecule has 0 fully saturated rings. The fourth-order valence-corrected chi connectivity index (χ4v) is 3.28. The van der Waals surface area contributed by atoms with Crippen LogP contribution in [0.4, 0.5) is 10.1 Å². The molecule has 0 aliphatic rings. The van der Waals surface area contributed by atoms with Crippen molar-refractivity contribution in [3.05, 3.63) is 39.4 Å². The van der Waals surface area contributed by atoms with Crippen LogP contribution in [0.25, 0.3) is 10.4 Å². The van der Waals surface area contributed by atoms with Gasteiger partial charge >= 0.3 is 0 Å². The number of hydrogen-bond acceptors (Lipinski definition) is 2. The van der Waals surface area contributed by atoms with Gasteiger partial charge in [0.25, 0.3) is 0 Å². The quantitative estimate of drug-likeness (QED) is 0.781. The molecule has 2 N–H and O–H groups in total. The third-order valence-corrected chi connectivity index (χ3v) is 3.98. The van der Waals surface area contributed by atoms with Crippen molar-refractivity contribution in [3.8, 4) is 10.4 Å². The highest BCUT2D eigenvalue weighted by Crippen LogP contribution is 2.37. The van der Waals surface area contributed by atoms with E-state index in [1.165, 1.54) is 17.0 Å². The lowest BCUT2D eigenvalue weighted by Gasteiger charge is -2.01. The second-order valence-electron chi connectivity index (χ2n) is 3.31. The van der Waals surface area contributed by atoms with Gasteiger partial charge in [-0.05, 0) is 52.7 Å². The summed E-state index contributed by atoms with van der Waals surface area (Å²) in [7, 11) is 0. The smallest absolute Gasteiger partial charge is 0.125 e. The van der Waals surface area contributed by atoms with E-state index >= 15 is 0 Å². The topological polar surface area (TPSA) is 26.0 Å². The fraction of sp³-hybridized carbons (Fsp3) is 0.0909. The van der Waals surface area contributed by atoms with Crippen molar-refractivity contribution >= 4 is 33.0 Å². The molecule has 0 aliphatic carbocycles. The number of aryl methyl sites for hydroxylation is 1. The molecular formula is C11H9BrFNS. The molecule has 0 amide bonds. The van der Waals surface area contributed by atoms with E-state index in [4.69, 9.17) is 5.73 Å². The average molecular weight is 286 g/mol. The molecular weight excluding hydrogens is 277 g/mol. The Morgan fingerprint density at radius 2 is 2.00 bits per heavy atom. The van der Waals surface area contributed by atoms with Gasteiger partial charge in [0.2, 0.25) is 0 Å². The van der Waals surface area contributed by atoms with E-state index in [2.05, 4.69) is 15.9 Å². The minimum absolute atomic E-state index is 0.303. The summed E-state index contributed by atoms with van der Waals surface area (Å²) in [6, 6.07) is 6.60. The third kappa shape index (κ3) is 2.21. The lowest BCUT2D eigenvalue weighted by atomic mass is 10.1. The Labute approximate surface area is 99.9 Å². The molecule has 1 heterocycles. The largest absolute Gasteiger partial charge is 0.399 e. The number of thiophene rings is 1. The Balaban J connectivity index is 2.58. The van der Waals surface area contributed by atoms with Crippen molar-refractivity contribution in [1.82, 2.24) is 0 Å². The SMILES string of the molecule is Cc1cc(Br)c(-c2cc(N)cc(F)c2)s1. The van der Waals surface area contributed by atoms with E-state index in [1.54, 1.807) is 17.4 Å². The summed E-state index contributed by atoms with van der Waals surface area (Å²) in [5, 5.41) is 0. The predicted molar refractivity (Wildman–Crippen MR) is 66.6 cm³/mol. The van der Waals surface area contributed by atoms with Crippen LogP contribution in [-0.4, -0.2) is 0 Å². The number of benzene rings is 1. The van der Waals surface area contributed by atoms with E-state index in [0.717, 1.165) is 14.9 Å². The first-order chi connectivity index (χ1) is 7.06. The standard InChI is InChI=1S/C11H9BrFNS/c1-6-2-10(12)11(15-6)7-3-8(13)5-9(14)4-7/h2-5H,14H2,1H3. The molecule has 0 radical (unpaired) electrons. The van der Waals surface area contributed by atoms with Crippen molar-refractivity contribution in [1.29, 1.82) is 0 Å². The lowest BCUT2D eigenvalue weighted by molar-refractivity contribution is 0.629. The Morgan fingerprint density at radius 1 is 1.27 bits per heavy atom. The van der Waals surface area contributed by atoms with Crippen LogP contribution in [0.15, 0.2) is 28.7 Å². The normalized spacial score (nSPS) is 10.6. The van der Waals surface area contributed by atoms with Crippen LogP contribution in [0.5, 0.6) is 0 Å². The molecule has 0 unspecified atom stereocenters. The number of anilines is 1. The van der Waals surface area contributed by atoms with Gasteiger partial charge in [-0.15, -0.1) is 11.3 Å². The molecule has 78 valence electrons. The summed E-state index contributed by atoms with van der Waals surface area (Å²) >= 11 is 5.07. The second kappa shape index (κ2) is 3.94. The molecule has 1 aromatic carbocycles. The van der Waals surface area contributed by atoms with Gasteiger partial charge in [0.05, 0.1) is 0 Å². The van der Waals surface area contributed by atoms with Gasteiger partial charge in [0.1, 0.15) is 5.82 Å². The summed E-state index contributed by atoms with van der Waals surface area (Å²) in [5.41, 5.74) is 6.87. The van der Waals surface area contributed by atoms with Gasteiger partial charge in [-0.3, -0.25) is 0 Å². The van der Waals surface area contributed by atoms with Gasteiger partial charge in [-0.2, -0.15) is 0 Å². The Hall–Kier alpha value is -0.870. The number of halogens is 2. The van der Waals surface area contributed by atoms with Crippen molar-refractivity contribution in [3.63, 3.8) is 0 Å². The van der Waals surface area contributed by atoms with Crippen LogP contribution in [-0.2, 0) is 0 Å². The molecule has 0 saturated heterocycles. The van der Waals surface area contributed by atoms with Crippen molar-refractivity contribution in [2.45, 2.75) is 6.92 Å². The zero-order valence-electron chi connectivity index (χ0n) is 8.05. The first-order valence-corrected chi connectivity index (χ1v) is 5.99. The summed E-state index contributed by atoms with van der Waals surface area (Å²) < 4.78 is 14.1. The van der Waals surface area contributed by atoms with Crippen LogP contribution in [0, 0.1) is 12.7 Å². The van der Waals surface area contributed by atoms with Crippen molar-refractivity contribution in [2.75, 3.05) is 5.73 Å². The highest BCUT2D eigenvalue weighted by molar-refractivity contribution is 9.10. The van der Waals surface area contributed by atoms with E-state index in [1.807, 2.05) is 13.0 Å². The molecule has 2 aromatic rings. The van der Waals surface area contributed by atoms with E-state index in [-0.39, 0.29) is 5.82 Å². The molecule has 0 aliphatic heterocycles. The Kier molecular flexibility index (Phi) is 2.80. The molecule has 0 spiro atoms. The highest BCUT2D eigenvalue weighted by Gasteiger charge is 2.08. The summed E-state index contributed by atoms with van der Waals surface area (Å²) in [5.74, 6) is -0.303. The minimum Gasteiger partial charge on any atom is -0.399 e. The molecule has 1 nitrogen and oxygen atoms in total. The zero-order chi connectivity index (χ0) is 11.0. The molecule has 0 atom stereocenters. The molecule has 0 bridgehead atoms. The van der Waals surface area contributed by atoms with Crippen LogP contribution < -0.4 is 5.73 Å². The average Bonchev–Trinajstić information content (AvgIpc) is 2.43. The monoisotopic (exact) mass is 285 g/mol. The van der Waals surface area contributed by atoms with E-state index in [9.17, 15) is 4.39 Å². The van der Waals surface area contributed by atoms with Crippen LogP contribution in [0.1, 0.15) is 4.88 Å². The number of hydrogen-bond donors (Lipinski definition) is 1. The van der Waals surface area contributed by atoms with Crippen molar-refractivity contribution in [2.24, 2.45) is 0 Å². The Bertz CT molecular complexity index is 487. The van der Waals surface area contributed by atoms with Crippen LogP contribution >= 0.6 is 27.3 Å². The van der Waals surface area contributed by atoms with Gasteiger partial charge in [0.15, 0.2) is 0 Å². The summed E-state index contributed by atoms with van der Waals surface area (Å²) in [6.07, 6.45) is 0. The van der Waals surface area contributed by atoms with Gasteiger partial charge < -0.3 is 5.73 Å². The zero-order valence-corrected chi connectivity index (χ0v) is 10.5. The molecule has 0 saturated carbocycles. The molecule has 4 heteroatoms. The Morgan fingerprint density at radius 3 is 2.53 bits per heavy atom. The fourth-order valence-electron chi connectivity index (χ4n) is 1.42. The van der Waals surface area contributed by atoms with E-state index < -0.39 is 0 Å². The van der Waals surface area contributed by atoms with Crippen LogP contribution in [0.2, 0.25) is 0 Å². The maximum absolute atomic E-state index is 13.2. The van der Waals surface area contributed by atoms with Gasteiger partial charge in [-0.25, -0.2) is 4.39 Å². The number of rotatable bonds is 1. The van der Waals surface area contributed by atoms with Crippen molar-refractivity contribution < 1.29 is 4.39 Å². The molecule has 15 heavy (non-hydrogen) atoms. The first-order valence-electron chi connectivity index (χ1n) is 4.38. The number of nitrogen functional groups attached to an aromatic ring is 1. The molecule has 2 rings (SSSR count). The van der Waals surface area contributed by atoms with Gasteiger partial charge in [-0.1, -0.05) is 0 Å². The summed E-state index contributed by atoms with van der Waals surface area (Å²) in [4.78, 5) is 2.19. The predicted octanol–water partition coefficient (Wildman–Crippen LogP) is 4.21. The second-order valence-corrected chi connectivity index (χ2v) is 5.42. The van der Waals surface area contributed by atoms with E-state index in [0.29, 0.717) is 5.69 Å². The first kappa shape index (κ1) is 10.6. The molecule has 1 aromatic heterocycles. The third-order valence-electron chi connectivity index (χ3n) is 1.99. The minimum atomic E-state index is -0.303. The highest BCUT2D eigenvalue weighted by atomic mass is 79.9. The maximum atomic E-state index is 13.2.